The van der Waals surface area contributed by atoms with Gasteiger partial charge in [-0.25, -0.2) is 8.78 Å². The molecular weight excluding hydrogens is 262 g/mol. The molecule has 2 aromatic carbocycles. The molecule has 2 nitrogen and oxygen atoms in total. The summed E-state index contributed by atoms with van der Waals surface area (Å²) in [5, 5.41) is 8.56. The van der Waals surface area contributed by atoms with Crippen LogP contribution in [0.1, 0.15) is 18.4 Å². The van der Waals surface area contributed by atoms with Crippen LogP contribution in [0.5, 0.6) is 0 Å². The topological polar surface area (TPSA) is 37.3 Å². The van der Waals surface area contributed by atoms with E-state index < -0.39 is 17.6 Å². The molecule has 0 aliphatic carbocycles. The number of carboxylic acids is 1. The minimum atomic E-state index is -0.810. The first kappa shape index (κ1) is 14.2. The van der Waals surface area contributed by atoms with Crippen LogP contribution < -0.4 is 0 Å². The second kappa shape index (κ2) is 6.28. The van der Waals surface area contributed by atoms with Crippen LogP contribution in [0, 0.1) is 11.6 Å². The van der Waals surface area contributed by atoms with E-state index in [4.69, 9.17) is 5.11 Å². The van der Waals surface area contributed by atoms with E-state index in [1.165, 1.54) is 12.1 Å². The van der Waals surface area contributed by atoms with E-state index in [1.807, 2.05) is 12.1 Å². The summed E-state index contributed by atoms with van der Waals surface area (Å²) in [5.74, 6) is -2.00. The average molecular weight is 276 g/mol. The predicted octanol–water partition coefficient (Wildman–Crippen LogP) is 4.04. The lowest BCUT2D eigenvalue weighted by molar-refractivity contribution is -0.137. The summed E-state index contributed by atoms with van der Waals surface area (Å²) in [6.07, 6.45) is 1.37. The Balaban J connectivity index is 2.09. The minimum Gasteiger partial charge on any atom is -0.481 e. The molecule has 4 heteroatoms. The van der Waals surface area contributed by atoms with Gasteiger partial charge >= 0.3 is 5.97 Å². The summed E-state index contributed by atoms with van der Waals surface area (Å²) in [5.41, 5.74) is 2.02. The zero-order valence-electron chi connectivity index (χ0n) is 10.8. The quantitative estimate of drug-likeness (QED) is 0.894. The van der Waals surface area contributed by atoms with Gasteiger partial charge in [0.05, 0.1) is 0 Å². The SMILES string of the molecule is O=C(O)CCCc1ccc(-c2ccc(F)cc2F)cc1. The van der Waals surface area contributed by atoms with Crippen molar-refractivity contribution >= 4 is 5.97 Å². The molecule has 0 bridgehead atoms. The summed E-state index contributed by atoms with van der Waals surface area (Å²) in [4.78, 5) is 10.4. The van der Waals surface area contributed by atoms with Crippen LogP contribution in [0.15, 0.2) is 42.5 Å². The number of rotatable bonds is 5. The van der Waals surface area contributed by atoms with Gasteiger partial charge < -0.3 is 5.11 Å². The van der Waals surface area contributed by atoms with Gasteiger partial charge in [0.15, 0.2) is 0 Å². The van der Waals surface area contributed by atoms with Crippen molar-refractivity contribution in [1.82, 2.24) is 0 Å². The molecular formula is C16H14F2O2. The summed E-state index contributed by atoms with van der Waals surface area (Å²) in [6.45, 7) is 0. The van der Waals surface area contributed by atoms with Crippen molar-refractivity contribution in [3.05, 3.63) is 59.7 Å². The molecule has 0 amide bonds. The van der Waals surface area contributed by atoms with Gasteiger partial charge in [-0.1, -0.05) is 24.3 Å². The molecule has 0 aromatic heterocycles. The number of hydrogen-bond acceptors (Lipinski definition) is 1. The third kappa shape index (κ3) is 3.63. The molecule has 0 saturated heterocycles. The fourth-order valence-electron chi connectivity index (χ4n) is 2.02. The molecule has 2 rings (SSSR count). The van der Waals surface area contributed by atoms with Crippen molar-refractivity contribution in [3.8, 4) is 11.1 Å². The molecule has 2 aromatic rings. The van der Waals surface area contributed by atoms with E-state index in [1.54, 1.807) is 12.1 Å². The Labute approximate surface area is 115 Å². The molecule has 0 fully saturated rings. The normalized spacial score (nSPS) is 10.5. The Hall–Kier alpha value is -2.23. The maximum Gasteiger partial charge on any atom is 0.303 e. The molecule has 0 unspecified atom stereocenters. The number of carboxylic acid groups (broad SMARTS) is 1. The Morgan fingerprint density at radius 2 is 1.75 bits per heavy atom. The zero-order valence-corrected chi connectivity index (χ0v) is 10.8. The van der Waals surface area contributed by atoms with Crippen molar-refractivity contribution in [1.29, 1.82) is 0 Å². The monoisotopic (exact) mass is 276 g/mol. The Morgan fingerprint density at radius 3 is 2.35 bits per heavy atom. The highest BCUT2D eigenvalue weighted by atomic mass is 19.1. The highest BCUT2D eigenvalue weighted by molar-refractivity contribution is 5.66. The summed E-state index contributed by atoms with van der Waals surface area (Å²) in [6, 6.07) is 10.7. The van der Waals surface area contributed by atoms with Crippen LogP contribution >= 0.6 is 0 Å². The second-order valence-corrected chi connectivity index (χ2v) is 4.57. The fraction of sp³-hybridized carbons (Fsp3) is 0.188. The van der Waals surface area contributed by atoms with E-state index in [2.05, 4.69) is 0 Å². The van der Waals surface area contributed by atoms with Crippen molar-refractivity contribution in [2.75, 3.05) is 0 Å². The van der Waals surface area contributed by atoms with Gasteiger partial charge in [-0.2, -0.15) is 0 Å². The number of benzene rings is 2. The lowest BCUT2D eigenvalue weighted by Gasteiger charge is -2.05. The van der Waals surface area contributed by atoms with Crippen LogP contribution in [0.2, 0.25) is 0 Å². The highest BCUT2D eigenvalue weighted by Gasteiger charge is 2.06. The molecule has 0 spiro atoms. The first-order valence-electron chi connectivity index (χ1n) is 6.32. The fourth-order valence-corrected chi connectivity index (χ4v) is 2.02. The minimum absolute atomic E-state index is 0.133. The molecule has 0 aliphatic heterocycles. The Bertz CT molecular complexity index is 606. The second-order valence-electron chi connectivity index (χ2n) is 4.57. The predicted molar refractivity (Wildman–Crippen MR) is 72.4 cm³/mol. The number of halogens is 2. The van der Waals surface area contributed by atoms with E-state index >= 15 is 0 Å². The zero-order chi connectivity index (χ0) is 14.5. The summed E-state index contributed by atoms with van der Waals surface area (Å²) in [7, 11) is 0. The van der Waals surface area contributed by atoms with Gasteiger partial charge in [0.1, 0.15) is 11.6 Å². The van der Waals surface area contributed by atoms with Crippen LogP contribution in [0.3, 0.4) is 0 Å². The van der Waals surface area contributed by atoms with Crippen LogP contribution in [-0.2, 0) is 11.2 Å². The van der Waals surface area contributed by atoms with Crippen molar-refractivity contribution in [3.63, 3.8) is 0 Å². The molecule has 0 heterocycles. The maximum absolute atomic E-state index is 13.6. The van der Waals surface area contributed by atoms with Crippen molar-refractivity contribution in [2.45, 2.75) is 19.3 Å². The number of hydrogen-bond donors (Lipinski definition) is 1. The lowest BCUT2D eigenvalue weighted by atomic mass is 10.0. The van der Waals surface area contributed by atoms with Crippen LogP contribution in [0.25, 0.3) is 11.1 Å². The van der Waals surface area contributed by atoms with Gasteiger partial charge in [0.25, 0.3) is 0 Å². The van der Waals surface area contributed by atoms with Gasteiger partial charge in [-0.05, 0) is 36.1 Å². The molecule has 20 heavy (non-hydrogen) atoms. The smallest absolute Gasteiger partial charge is 0.303 e. The highest BCUT2D eigenvalue weighted by Crippen LogP contribution is 2.24. The molecule has 0 saturated carbocycles. The molecule has 0 atom stereocenters. The Morgan fingerprint density at radius 1 is 1.05 bits per heavy atom. The van der Waals surface area contributed by atoms with Gasteiger partial charge in [-0.3, -0.25) is 4.79 Å². The largest absolute Gasteiger partial charge is 0.481 e. The molecule has 0 aliphatic rings. The van der Waals surface area contributed by atoms with Gasteiger partial charge in [0.2, 0.25) is 0 Å². The van der Waals surface area contributed by atoms with Gasteiger partial charge in [-0.15, -0.1) is 0 Å². The molecule has 1 N–H and O–H groups in total. The first-order chi connectivity index (χ1) is 9.56. The number of carbonyl (C=O) groups is 1. The van der Waals surface area contributed by atoms with Crippen LogP contribution in [-0.4, -0.2) is 11.1 Å². The van der Waals surface area contributed by atoms with Crippen molar-refractivity contribution in [2.24, 2.45) is 0 Å². The number of aryl methyl sites for hydroxylation is 1. The Kier molecular flexibility index (Phi) is 4.45. The molecule has 104 valence electrons. The standard InChI is InChI=1S/C16H14F2O2/c17-13-8-9-14(15(18)10-13)12-6-4-11(5-7-12)2-1-3-16(19)20/h4-10H,1-3H2,(H,19,20). The van der Waals surface area contributed by atoms with E-state index in [0.29, 0.717) is 24.0 Å². The van der Waals surface area contributed by atoms with E-state index in [9.17, 15) is 13.6 Å². The van der Waals surface area contributed by atoms with Crippen LogP contribution in [0.4, 0.5) is 8.78 Å². The number of aliphatic carboxylic acids is 1. The molecule has 0 radical (unpaired) electrons. The third-order valence-corrected chi connectivity index (χ3v) is 3.05. The summed E-state index contributed by atoms with van der Waals surface area (Å²) < 4.78 is 26.5. The maximum atomic E-state index is 13.6. The van der Waals surface area contributed by atoms with Gasteiger partial charge in [0, 0.05) is 18.1 Å². The van der Waals surface area contributed by atoms with E-state index in [0.717, 1.165) is 11.6 Å². The van der Waals surface area contributed by atoms with E-state index in [-0.39, 0.29) is 6.42 Å². The third-order valence-electron chi connectivity index (χ3n) is 3.05. The average Bonchev–Trinajstić information content (AvgIpc) is 2.39. The summed E-state index contributed by atoms with van der Waals surface area (Å²) >= 11 is 0. The lowest BCUT2D eigenvalue weighted by Crippen LogP contribution is -1.95. The first-order valence-corrected chi connectivity index (χ1v) is 6.32. The van der Waals surface area contributed by atoms with Crippen molar-refractivity contribution < 1.29 is 18.7 Å².